The van der Waals surface area contributed by atoms with E-state index in [1.165, 1.54) is 25.7 Å². The van der Waals surface area contributed by atoms with Crippen LogP contribution >= 0.6 is 0 Å². The van der Waals surface area contributed by atoms with Crippen molar-refractivity contribution in [3.8, 4) is 0 Å². The molecule has 0 aromatic heterocycles. The Morgan fingerprint density at radius 2 is 1.65 bits per heavy atom. The van der Waals surface area contributed by atoms with E-state index in [2.05, 4.69) is 25.8 Å². The van der Waals surface area contributed by atoms with Crippen LogP contribution in [0.2, 0.25) is 0 Å². The first-order valence-corrected chi connectivity index (χ1v) is 7.54. The summed E-state index contributed by atoms with van der Waals surface area (Å²) in [4.78, 5) is 2.47. The van der Waals surface area contributed by atoms with Gasteiger partial charge < -0.3 is 4.74 Å². The number of nitrogens with zero attached hydrogens (tertiary/aromatic N) is 1. The summed E-state index contributed by atoms with van der Waals surface area (Å²) in [6, 6.07) is 0.689. The molecule has 104 valence electrons. The molecule has 1 saturated carbocycles. The molecule has 3 atom stereocenters. The lowest BCUT2D eigenvalue weighted by molar-refractivity contribution is -0.210. The Bertz CT molecular complexity index is 195. The molecule has 0 bridgehead atoms. The van der Waals surface area contributed by atoms with E-state index in [1.807, 2.05) is 27.7 Å². The summed E-state index contributed by atoms with van der Waals surface area (Å²) in [5.41, 5.74) is 0.0949. The molecule has 0 radical (unpaired) electrons. The van der Waals surface area contributed by atoms with E-state index in [0.717, 1.165) is 6.61 Å². The van der Waals surface area contributed by atoms with Gasteiger partial charge in [0.2, 0.25) is 0 Å². The van der Waals surface area contributed by atoms with Crippen LogP contribution in [0, 0.1) is 5.92 Å². The molecule has 2 aliphatic rings. The highest BCUT2D eigenvalue weighted by molar-refractivity contribution is 4.94. The summed E-state index contributed by atoms with van der Waals surface area (Å²) in [5, 5.41) is 0. The summed E-state index contributed by atoms with van der Waals surface area (Å²) < 4.78 is 6.05. The Labute approximate surface area is 109 Å². The van der Waals surface area contributed by atoms with Gasteiger partial charge in [0.15, 0.2) is 0 Å². The molecule has 1 aliphatic carbocycles. The summed E-state index contributed by atoms with van der Waals surface area (Å²) in [6.45, 7) is 13.6. The Morgan fingerprint density at radius 1 is 1.06 bits per heavy atom. The van der Waals surface area contributed by atoms with Crippen molar-refractivity contribution >= 4 is 0 Å². The minimum Gasteiger partial charge on any atom is -0.360 e. The fourth-order valence-corrected chi connectivity index (χ4v) is 2.95. The SMILES string of the molecule is CC.CC.CC1CCOC2(CCCC2C)N1C. The minimum atomic E-state index is 0.0949. The van der Waals surface area contributed by atoms with E-state index in [0.29, 0.717) is 12.0 Å². The van der Waals surface area contributed by atoms with Crippen LogP contribution < -0.4 is 0 Å². The first-order chi connectivity index (χ1) is 8.17. The maximum absolute atomic E-state index is 6.05. The molecule has 3 unspecified atom stereocenters. The fourth-order valence-electron chi connectivity index (χ4n) is 2.95. The van der Waals surface area contributed by atoms with Gasteiger partial charge in [0, 0.05) is 6.04 Å². The number of hydrogen-bond donors (Lipinski definition) is 0. The zero-order valence-corrected chi connectivity index (χ0v) is 13.0. The standard InChI is InChI=1S/C11H21NO.2C2H6/c1-9-5-4-7-11(9)12(3)10(2)6-8-13-11;2*1-2/h9-10H,4-8H2,1-3H3;2*1-2H3. The molecule has 1 heterocycles. The van der Waals surface area contributed by atoms with Gasteiger partial charge >= 0.3 is 0 Å². The molecule has 0 N–H and O–H groups in total. The van der Waals surface area contributed by atoms with Gasteiger partial charge in [0.1, 0.15) is 5.72 Å². The molecular formula is C15H33NO. The average molecular weight is 243 g/mol. The van der Waals surface area contributed by atoms with Crippen LogP contribution in [0.4, 0.5) is 0 Å². The van der Waals surface area contributed by atoms with Gasteiger partial charge in [-0.25, -0.2) is 0 Å². The van der Waals surface area contributed by atoms with Crippen LogP contribution in [-0.4, -0.2) is 30.3 Å². The Hall–Kier alpha value is -0.0800. The van der Waals surface area contributed by atoms with Crippen molar-refractivity contribution < 1.29 is 4.74 Å². The van der Waals surface area contributed by atoms with Gasteiger partial charge in [-0.15, -0.1) is 0 Å². The first kappa shape index (κ1) is 16.9. The zero-order chi connectivity index (χ0) is 13.5. The molecule has 1 aliphatic heterocycles. The molecule has 0 aromatic carbocycles. The largest absolute Gasteiger partial charge is 0.360 e. The average Bonchev–Trinajstić information content (AvgIpc) is 2.74. The van der Waals surface area contributed by atoms with Crippen LogP contribution in [0.3, 0.4) is 0 Å². The van der Waals surface area contributed by atoms with E-state index in [1.54, 1.807) is 0 Å². The van der Waals surface area contributed by atoms with Crippen LogP contribution in [0.15, 0.2) is 0 Å². The molecular weight excluding hydrogens is 210 g/mol. The van der Waals surface area contributed by atoms with Crippen molar-refractivity contribution in [3.63, 3.8) is 0 Å². The third kappa shape index (κ3) is 3.45. The van der Waals surface area contributed by atoms with Crippen LogP contribution in [-0.2, 0) is 4.74 Å². The van der Waals surface area contributed by atoms with Gasteiger partial charge in [-0.1, -0.05) is 34.6 Å². The Morgan fingerprint density at radius 3 is 2.12 bits per heavy atom. The van der Waals surface area contributed by atoms with E-state index in [-0.39, 0.29) is 5.72 Å². The van der Waals surface area contributed by atoms with Gasteiger partial charge in [0.05, 0.1) is 6.61 Å². The smallest absolute Gasteiger partial charge is 0.124 e. The highest BCUT2D eigenvalue weighted by atomic mass is 16.5. The second kappa shape index (κ2) is 8.10. The van der Waals surface area contributed by atoms with E-state index < -0.39 is 0 Å². The van der Waals surface area contributed by atoms with Crippen molar-refractivity contribution in [2.75, 3.05) is 13.7 Å². The molecule has 1 saturated heterocycles. The first-order valence-electron chi connectivity index (χ1n) is 7.54. The Balaban J connectivity index is 0.000000581. The van der Waals surface area contributed by atoms with Crippen LogP contribution in [0.5, 0.6) is 0 Å². The van der Waals surface area contributed by atoms with Gasteiger partial charge in [-0.2, -0.15) is 0 Å². The molecule has 1 spiro atoms. The maximum atomic E-state index is 6.05. The predicted molar refractivity (Wildman–Crippen MR) is 76.2 cm³/mol. The normalized spacial score (nSPS) is 36.9. The van der Waals surface area contributed by atoms with E-state index in [9.17, 15) is 0 Å². The summed E-state index contributed by atoms with van der Waals surface area (Å²) in [5.74, 6) is 0.709. The number of rotatable bonds is 0. The summed E-state index contributed by atoms with van der Waals surface area (Å²) in [6.07, 6.45) is 5.08. The molecule has 0 aromatic rings. The lowest BCUT2D eigenvalue weighted by atomic mass is 9.96. The molecule has 2 fully saturated rings. The van der Waals surface area contributed by atoms with E-state index in [4.69, 9.17) is 4.74 Å². The topological polar surface area (TPSA) is 12.5 Å². The van der Waals surface area contributed by atoms with Gasteiger partial charge in [0.25, 0.3) is 0 Å². The summed E-state index contributed by atoms with van der Waals surface area (Å²) in [7, 11) is 2.23. The number of hydrogen-bond acceptors (Lipinski definition) is 2. The quantitative estimate of drug-likeness (QED) is 0.629. The van der Waals surface area contributed by atoms with Crippen molar-refractivity contribution in [1.29, 1.82) is 0 Å². The highest BCUT2D eigenvalue weighted by Gasteiger charge is 2.47. The van der Waals surface area contributed by atoms with Gasteiger partial charge in [-0.3, -0.25) is 4.90 Å². The lowest BCUT2D eigenvalue weighted by Crippen LogP contribution is -2.57. The van der Waals surface area contributed by atoms with Crippen molar-refractivity contribution in [2.45, 2.75) is 79.0 Å². The van der Waals surface area contributed by atoms with Crippen molar-refractivity contribution in [1.82, 2.24) is 4.90 Å². The van der Waals surface area contributed by atoms with Crippen LogP contribution in [0.25, 0.3) is 0 Å². The monoisotopic (exact) mass is 243 g/mol. The highest BCUT2D eigenvalue weighted by Crippen LogP contribution is 2.43. The maximum Gasteiger partial charge on any atom is 0.124 e. The number of ether oxygens (including phenoxy) is 1. The molecule has 0 amide bonds. The van der Waals surface area contributed by atoms with E-state index >= 15 is 0 Å². The second-order valence-electron chi connectivity index (χ2n) is 4.74. The third-order valence-corrected chi connectivity index (χ3v) is 4.09. The third-order valence-electron chi connectivity index (χ3n) is 4.09. The zero-order valence-electron chi connectivity index (χ0n) is 13.0. The van der Waals surface area contributed by atoms with Crippen molar-refractivity contribution in [3.05, 3.63) is 0 Å². The lowest BCUT2D eigenvalue weighted by Gasteiger charge is -2.49. The fraction of sp³-hybridized carbons (Fsp3) is 1.00. The summed E-state index contributed by atoms with van der Waals surface area (Å²) >= 11 is 0. The molecule has 17 heavy (non-hydrogen) atoms. The molecule has 2 rings (SSSR count). The predicted octanol–water partition coefficient (Wildman–Crippen LogP) is 4.30. The second-order valence-corrected chi connectivity index (χ2v) is 4.74. The van der Waals surface area contributed by atoms with Gasteiger partial charge in [-0.05, 0) is 45.6 Å². The molecule has 2 heteroatoms. The minimum absolute atomic E-state index is 0.0949. The Kier molecular flexibility index (Phi) is 8.06. The van der Waals surface area contributed by atoms with Crippen LogP contribution in [0.1, 0.15) is 67.2 Å². The molecule has 2 nitrogen and oxygen atoms in total. The van der Waals surface area contributed by atoms with Crippen molar-refractivity contribution in [2.24, 2.45) is 5.92 Å².